The molecule has 1 rings (SSSR count). The number of unbranched alkanes of at least 4 members (excludes halogenated alkanes) is 31. The Labute approximate surface area is 391 Å². The zero-order valence-corrected chi connectivity index (χ0v) is 41.4. The summed E-state index contributed by atoms with van der Waals surface area (Å²) < 4.78 is 47.7. The van der Waals surface area contributed by atoms with E-state index in [1.165, 1.54) is 167 Å². The summed E-state index contributed by atoms with van der Waals surface area (Å²) in [5.41, 5.74) is 0. The molecule has 13 heteroatoms. The number of aliphatic hydroxyl groups excluding tert-OH is 4. The van der Waals surface area contributed by atoms with Gasteiger partial charge < -0.3 is 35.2 Å². The van der Waals surface area contributed by atoms with Crippen molar-refractivity contribution in [3.05, 3.63) is 24.3 Å². The van der Waals surface area contributed by atoms with E-state index in [9.17, 15) is 38.2 Å². The van der Waals surface area contributed by atoms with Crippen molar-refractivity contribution in [2.75, 3.05) is 13.2 Å². The Morgan fingerprint density at radius 2 is 1.00 bits per heavy atom. The molecule has 378 valence electrons. The number of aliphatic hydroxyl groups is 4. The highest BCUT2D eigenvalue weighted by Crippen LogP contribution is 2.26. The average molecular weight is 932 g/mol. The Balaban J connectivity index is 2.41. The van der Waals surface area contributed by atoms with Crippen LogP contribution in [0, 0.1) is 0 Å². The maximum Gasteiger partial charge on any atom is 0.397 e. The lowest BCUT2D eigenvalue weighted by molar-refractivity contribution is -0.298. The number of ether oxygens (including phenoxy) is 2. The quantitative estimate of drug-likeness (QED) is 0.0193. The van der Waals surface area contributed by atoms with Crippen molar-refractivity contribution in [3.8, 4) is 0 Å². The van der Waals surface area contributed by atoms with E-state index in [4.69, 9.17) is 9.47 Å². The van der Waals surface area contributed by atoms with Gasteiger partial charge in [0.25, 0.3) is 0 Å². The summed E-state index contributed by atoms with van der Waals surface area (Å²) >= 11 is 0. The zero-order valence-electron chi connectivity index (χ0n) is 40.6. The van der Waals surface area contributed by atoms with Gasteiger partial charge in [-0.1, -0.05) is 212 Å². The second-order valence-electron chi connectivity index (χ2n) is 18.5. The Morgan fingerprint density at radius 3 is 1.41 bits per heavy atom. The van der Waals surface area contributed by atoms with Crippen molar-refractivity contribution in [3.63, 3.8) is 0 Å². The highest BCUT2D eigenvalue weighted by molar-refractivity contribution is 7.80. The molecule has 64 heavy (non-hydrogen) atoms. The Morgan fingerprint density at radius 1 is 0.609 bits per heavy atom. The van der Waals surface area contributed by atoms with Crippen molar-refractivity contribution in [2.24, 2.45) is 0 Å². The van der Waals surface area contributed by atoms with E-state index in [1.807, 2.05) is 6.08 Å². The van der Waals surface area contributed by atoms with E-state index < -0.39 is 59.9 Å². The topological polar surface area (TPSA) is 192 Å². The van der Waals surface area contributed by atoms with E-state index in [2.05, 4.69) is 35.5 Å². The first-order chi connectivity index (χ1) is 31.0. The average Bonchev–Trinajstić information content (AvgIpc) is 3.27. The highest BCUT2D eigenvalue weighted by Gasteiger charge is 2.48. The molecule has 1 saturated heterocycles. The van der Waals surface area contributed by atoms with Crippen molar-refractivity contribution >= 4 is 16.3 Å². The Kier molecular flexibility index (Phi) is 39.5. The molecule has 1 fully saturated rings. The van der Waals surface area contributed by atoms with E-state index in [0.717, 1.165) is 44.9 Å². The number of nitrogens with one attached hydrogen (secondary N) is 1. The molecule has 6 N–H and O–H groups in total. The smallest absolute Gasteiger partial charge is 0.394 e. The van der Waals surface area contributed by atoms with Crippen molar-refractivity contribution in [2.45, 2.75) is 281 Å². The molecule has 7 unspecified atom stereocenters. The number of rotatable bonds is 45. The van der Waals surface area contributed by atoms with Crippen LogP contribution >= 0.6 is 0 Å². The molecular weight excluding hydrogens is 835 g/mol. The third-order valence-corrected chi connectivity index (χ3v) is 12.9. The van der Waals surface area contributed by atoms with Crippen LogP contribution in [-0.2, 0) is 28.9 Å². The number of allylic oxidation sites excluding steroid dienone is 3. The van der Waals surface area contributed by atoms with Gasteiger partial charge in [-0.3, -0.25) is 9.35 Å². The molecule has 1 amide bonds. The van der Waals surface area contributed by atoms with E-state index in [1.54, 1.807) is 6.08 Å². The van der Waals surface area contributed by atoms with Crippen LogP contribution in [0.4, 0.5) is 0 Å². The van der Waals surface area contributed by atoms with Crippen LogP contribution in [-0.4, -0.2) is 95.4 Å². The van der Waals surface area contributed by atoms with Crippen LogP contribution < -0.4 is 5.32 Å². The highest BCUT2D eigenvalue weighted by atomic mass is 32.3. The van der Waals surface area contributed by atoms with E-state index >= 15 is 0 Å². The summed E-state index contributed by atoms with van der Waals surface area (Å²) in [4.78, 5) is 13.0. The molecule has 0 saturated carbocycles. The summed E-state index contributed by atoms with van der Waals surface area (Å²) in [6.45, 7) is 3.39. The number of amides is 1. The second-order valence-corrected chi connectivity index (χ2v) is 19.5. The monoisotopic (exact) mass is 932 g/mol. The molecule has 0 aromatic rings. The molecule has 0 aliphatic carbocycles. The summed E-state index contributed by atoms with van der Waals surface area (Å²) in [7, 11) is -5.09. The van der Waals surface area contributed by atoms with Crippen LogP contribution in [0.5, 0.6) is 0 Å². The van der Waals surface area contributed by atoms with Gasteiger partial charge in [0.05, 0.1) is 25.4 Å². The first kappa shape index (κ1) is 60.6. The lowest BCUT2D eigenvalue weighted by Gasteiger charge is -2.41. The molecule has 0 radical (unpaired) electrons. The van der Waals surface area contributed by atoms with E-state index in [-0.39, 0.29) is 18.9 Å². The molecular formula is C51H97NO11S. The molecule has 1 aliphatic heterocycles. The maximum absolute atomic E-state index is 13.0. The third kappa shape index (κ3) is 34.0. The standard InChI is InChI=1S/C51H97NO11S/c1-3-5-7-9-11-13-15-17-18-19-20-21-22-23-24-25-26-27-29-30-32-34-36-38-40-45(54)44(43-61-51-49(57)50(63-64(58,59)60)48(56)46(42-53)62-51)52-47(55)41-39-37-35-33-31-28-16-14-12-10-8-6-4-2/h28,31,38,40,44-46,48-51,53-54,56-57H,3-27,29-30,32-37,39,41-43H2,1-2H3,(H,52,55)(H,58,59,60)/b31-28-,40-38+. The molecule has 0 aromatic heterocycles. The molecule has 0 aromatic carbocycles. The SMILES string of the molecule is CCCCCCCC/C=C\CCCCCC(=O)NC(COC1OC(CO)C(O)C(OS(=O)(=O)O)C1O)C(O)/C=C/CCCCCCCCCCCCCCCCCCCCCCCC. The van der Waals surface area contributed by atoms with Crippen LogP contribution in [0.1, 0.15) is 239 Å². The lowest BCUT2D eigenvalue weighted by Crippen LogP contribution is -2.61. The van der Waals surface area contributed by atoms with Gasteiger partial charge in [-0.15, -0.1) is 0 Å². The zero-order chi connectivity index (χ0) is 46.9. The van der Waals surface area contributed by atoms with Gasteiger partial charge >= 0.3 is 10.4 Å². The summed E-state index contributed by atoms with van der Waals surface area (Å²) in [5.74, 6) is -0.277. The van der Waals surface area contributed by atoms with Gasteiger partial charge in [-0.05, 0) is 44.9 Å². The molecule has 0 bridgehead atoms. The van der Waals surface area contributed by atoms with Gasteiger partial charge in [0, 0.05) is 6.42 Å². The largest absolute Gasteiger partial charge is 0.397 e. The van der Waals surface area contributed by atoms with Crippen LogP contribution in [0.3, 0.4) is 0 Å². The minimum absolute atomic E-state index is 0.249. The minimum Gasteiger partial charge on any atom is -0.394 e. The van der Waals surface area contributed by atoms with Crippen LogP contribution in [0.25, 0.3) is 0 Å². The predicted octanol–water partition coefficient (Wildman–Crippen LogP) is 11.3. The van der Waals surface area contributed by atoms with Crippen molar-refractivity contribution in [1.29, 1.82) is 0 Å². The second kappa shape index (κ2) is 41.7. The van der Waals surface area contributed by atoms with Gasteiger partial charge in [-0.2, -0.15) is 8.42 Å². The van der Waals surface area contributed by atoms with Gasteiger partial charge in [0.2, 0.25) is 5.91 Å². The minimum atomic E-state index is -5.09. The van der Waals surface area contributed by atoms with Crippen LogP contribution in [0.15, 0.2) is 24.3 Å². The third-order valence-electron chi connectivity index (χ3n) is 12.5. The number of hydrogen-bond donors (Lipinski definition) is 6. The Bertz CT molecular complexity index is 1230. The lowest BCUT2D eigenvalue weighted by atomic mass is 9.99. The molecule has 7 atom stereocenters. The number of hydrogen-bond acceptors (Lipinski definition) is 10. The summed E-state index contributed by atoms with van der Waals surface area (Å²) in [6.07, 6.45) is 40.8. The first-order valence-corrected chi connectivity index (χ1v) is 27.6. The molecule has 12 nitrogen and oxygen atoms in total. The predicted molar refractivity (Wildman–Crippen MR) is 259 cm³/mol. The van der Waals surface area contributed by atoms with E-state index in [0.29, 0.717) is 6.42 Å². The molecule has 1 aliphatic rings. The van der Waals surface area contributed by atoms with Gasteiger partial charge in [-0.25, -0.2) is 4.18 Å². The number of carbonyl (C=O) groups is 1. The fraction of sp³-hybridized carbons (Fsp3) is 0.902. The van der Waals surface area contributed by atoms with Gasteiger partial charge in [0.15, 0.2) is 6.29 Å². The van der Waals surface area contributed by atoms with Crippen molar-refractivity contribution in [1.82, 2.24) is 5.32 Å². The number of carbonyl (C=O) groups excluding carboxylic acids is 1. The summed E-state index contributed by atoms with van der Waals surface area (Å²) in [5, 5.41) is 44.8. The first-order valence-electron chi connectivity index (χ1n) is 26.2. The fourth-order valence-corrected chi connectivity index (χ4v) is 8.90. The summed E-state index contributed by atoms with van der Waals surface area (Å²) in [6, 6.07) is -0.950. The molecule has 0 spiro atoms. The van der Waals surface area contributed by atoms with Gasteiger partial charge in [0.1, 0.15) is 24.4 Å². The molecule has 1 heterocycles. The van der Waals surface area contributed by atoms with Crippen molar-refractivity contribution < 1.29 is 51.8 Å². The Hall–Kier alpha value is -1.42. The fourth-order valence-electron chi connectivity index (χ4n) is 8.39. The van der Waals surface area contributed by atoms with Crippen LogP contribution in [0.2, 0.25) is 0 Å². The normalized spacial score (nSPS) is 20.4. The maximum atomic E-state index is 13.0.